The molecular formula is C15H21N3. The number of benzene rings is 1. The first-order chi connectivity index (χ1) is 8.66. The van der Waals surface area contributed by atoms with Crippen molar-refractivity contribution in [1.29, 1.82) is 0 Å². The number of hydrogen-bond donors (Lipinski definition) is 2. The van der Waals surface area contributed by atoms with Gasteiger partial charge in [-0.3, -0.25) is 0 Å². The number of hydrogen-bond acceptors (Lipinski definition) is 2. The van der Waals surface area contributed by atoms with E-state index >= 15 is 0 Å². The van der Waals surface area contributed by atoms with E-state index in [1.165, 1.54) is 5.56 Å². The van der Waals surface area contributed by atoms with Crippen molar-refractivity contribution in [1.82, 2.24) is 15.3 Å². The maximum absolute atomic E-state index is 4.22. The van der Waals surface area contributed by atoms with Crippen LogP contribution in [0.15, 0.2) is 42.7 Å². The van der Waals surface area contributed by atoms with Crippen LogP contribution in [0, 0.1) is 0 Å². The van der Waals surface area contributed by atoms with Gasteiger partial charge in [0.2, 0.25) is 0 Å². The SMILES string of the molecule is CC(C)(CCc1ccccc1)NCc1ncc[nH]1. The summed E-state index contributed by atoms with van der Waals surface area (Å²) < 4.78 is 0. The van der Waals surface area contributed by atoms with Crippen molar-refractivity contribution in [2.45, 2.75) is 38.8 Å². The van der Waals surface area contributed by atoms with E-state index < -0.39 is 0 Å². The quantitative estimate of drug-likeness (QED) is 0.819. The summed E-state index contributed by atoms with van der Waals surface area (Å²) in [6.07, 6.45) is 5.85. The van der Waals surface area contributed by atoms with Crippen molar-refractivity contribution in [3.63, 3.8) is 0 Å². The minimum absolute atomic E-state index is 0.114. The summed E-state index contributed by atoms with van der Waals surface area (Å²) in [5.41, 5.74) is 1.51. The van der Waals surface area contributed by atoms with Gasteiger partial charge in [0, 0.05) is 17.9 Å². The van der Waals surface area contributed by atoms with Crippen molar-refractivity contribution in [2.24, 2.45) is 0 Å². The largest absolute Gasteiger partial charge is 0.348 e. The van der Waals surface area contributed by atoms with E-state index in [9.17, 15) is 0 Å². The fourth-order valence-electron chi connectivity index (χ4n) is 1.91. The van der Waals surface area contributed by atoms with Gasteiger partial charge in [0.1, 0.15) is 5.82 Å². The number of H-pyrrole nitrogens is 1. The van der Waals surface area contributed by atoms with E-state index in [1.54, 1.807) is 6.20 Å². The summed E-state index contributed by atoms with van der Waals surface area (Å²) in [6.45, 7) is 5.26. The minimum Gasteiger partial charge on any atom is -0.348 e. The Labute approximate surface area is 109 Å². The van der Waals surface area contributed by atoms with Gasteiger partial charge in [0.15, 0.2) is 0 Å². The fraction of sp³-hybridized carbons (Fsp3) is 0.400. The first kappa shape index (κ1) is 12.8. The highest BCUT2D eigenvalue weighted by molar-refractivity contribution is 5.15. The fourth-order valence-corrected chi connectivity index (χ4v) is 1.91. The zero-order valence-corrected chi connectivity index (χ0v) is 11.1. The third-order valence-corrected chi connectivity index (χ3v) is 3.17. The molecule has 1 heterocycles. The van der Waals surface area contributed by atoms with Crippen LogP contribution < -0.4 is 5.32 Å². The van der Waals surface area contributed by atoms with Crippen molar-refractivity contribution in [2.75, 3.05) is 0 Å². The van der Waals surface area contributed by atoms with Gasteiger partial charge in [-0.25, -0.2) is 4.98 Å². The highest BCUT2D eigenvalue weighted by atomic mass is 15.0. The molecule has 96 valence electrons. The molecule has 0 atom stereocenters. The minimum atomic E-state index is 0.114. The van der Waals surface area contributed by atoms with Crippen LogP contribution in [-0.4, -0.2) is 15.5 Å². The van der Waals surface area contributed by atoms with Gasteiger partial charge in [0.05, 0.1) is 6.54 Å². The van der Waals surface area contributed by atoms with Gasteiger partial charge in [-0.2, -0.15) is 0 Å². The topological polar surface area (TPSA) is 40.7 Å². The molecule has 0 radical (unpaired) electrons. The maximum Gasteiger partial charge on any atom is 0.120 e. The monoisotopic (exact) mass is 243 g/mol. The van der Waals surface area contributed by atoms with Gasteiger partial charge >= 0.3 is 0 Å². The number of aromatic amines is 1. The van der Waals surface area contributed by atoms with Gasteiger partial charge in [0.25, 0.3) is 0 Å². The molecule has 0 bridgehead atoms. The molecule has 1 aromatic heterocycles. The highest BCUT2D eigenvalue weighted by Gasteiger charge is 2.16. The molecule has 3 heteroatoms. The molecule has 0 fully saturated rings. The molecule has 3 nitrogen and oxygen atoms in total. The Balaban J connectivity index is 1.80. The van der Waals surface area contributed by atoms with Crippen molar-refractivity contribution < 1.29 is 0 Å². The van der Waals surface area contributed by atoms with Gasteiger partial charge in [-0.1, -0.05) is 30.3 Å². The lowest BCUT2D eigenvalue weighted by Gasteiger charge is -2.26. The smallest absolute Gasteiger partial charge is 0.120 e. The summed E-state index contributed by atoms with van der Waals surface area (Å²) in [6, 6.07) is 10.6. The lowest BCUT2D eigenvalue weighted by Crippen LogP contribution is -2.39. The molecule has 0 aliphatic rings. The van der Waals surface area contributed by atoms with Crippen LogP contribution in [0.5, 0.6) is 0 Å². The first-order valence-electron chi connectivity index (χ1n) is 6.43. The van der Waals surface area contributed by atoms with Gasteiger partial charge in [-0.05, 0) is 32.3 Å². The normalized spacial score (nSPS) is 11.7. The van der Waals surface area contributed by atoms with Crippen LogP contribution in [0.1, 0.15) is 31.7 Å². The molecule has 0 spiro atoms. The molecule has 0 saturated heterocycles. The first-order valence-corrected chi connectivity index (χ1v) is 6.43. The van der Waals surface area contributed by atoms with E-state index in [1.807, 2.05) is 6.20 Å². The third-order valence-electron chi connectivity index (χ3n) is 3.17. The van der Waals surface area contributed by atoms with E-state index in [0.29, 0.717) is 0 Å². The van der Waals surface area contributed by atoms with E-state index in [0.717, 1.165) is 25.2 Å². The summed E-state index contributed by atoms with van der Waals surface area (Å²) in [5, 5.41) is 3.54. The summed E-state index contributed by atoms with van der Waals surface area (Å²) in [7, 11) is 0. The standard InChI is InChI=1S/C15H21N3/c1-15(2,18-12-14-16-10-11-17-14)9-8-13-6-4-3-5-7-13/h3-7,10-11,18H,8-9,12H2,1-2H3,(H,16,17). The Bertz CT molecular complexity index is 446. The molecular weight excluding hydrogens is 222 g/mol. The Kier molecular flexibility index (Phi) is 4.15. The molecule has 1 aromatic carbocycles. The number of nitrogens with one attached hydrogen (secondary N) is 2. The molecule has 18 heavy (non-hydrogen) atoms. The van der Waals surface area contributed by atoms with Crippen LogP contribution >= 0.6 is 0 Å². The number of rotatable bonds is 6. The second-order valence-corrected chi connectivity index (χ2v) is 5.26. The lowest BCUT2D eigenvalue weighted by molar-refractivity contribution is 0.356. The van der Waals surface area contributed by atoms with Crippen LogP contribution in [0.25, 0.3) is 0 Å². The van der Waals surface area contributed by atoms with Gasteiger partial charge in [-0.15, -0.1) is 0 Å². The zero-order chi connectivity index (χ0) is 12.8. The predicted molar refractivity (Wildman–Crippen MR) is 74.3 cm³/mol. The molecule has 0 saturated carbocycles. The van der Waals surface area contributed by atoms with Crippen molar-refractivity contribution in [3.05, 3.63) is 54.1 Å². The summed E-state index contributed by atoms with van der Waals surface area (Å²) in [5.74, 6) is 0.989. The molecule has 2 rings (SSSR count). The molecule has 0 aliphatic heterocycles. The van der Waals surface area contributed by atoms with Crippen LogP contribution in [0.2, 0.25) is 0 Å². The number of aromatic nitrogens is 2. The second-order valence-electron chi connectivity index (χ2n) is 5.26. The lowest BCUT2D eigenvalue weighted by atomic mass is 9.95. The Morgan fingerprint density at radius 3 is 2.67 bits per heavy atom. The Hall–Kier alpha value is -1.61. The second kappa shape index (κ2) is 5.83. The van der Waals surface area contributed by atoms with Crippen LogP contribution in [-0.2, 0) is 13.0 Å². The summed E-state index contributed by atoms with van der Waals surface area (Å²) >= 11 is 0. The van der Waals surface area contributed by atoms with Crippen LogP contribution in [0.3, 0.4) is 0 Å². The molecule has 0 amide bonds. The number of imidazole rings is 1. The molecule has 2 aromatic rings. The van der Waals surface area contributed by atoms with E-state index in [4.69, 9.17) is 0 Å². The van der Waals surface area contributed by atoms with E-state index in [2.05, 4.69) is 59.5 Å². The average Bonchev–Trinajstić information content (AvgIpc) is 2.89. The van der Waals surface area contributed by atoms with Crippen LogP contribution in [0.4, 0.5) is 0 Å². The molecule has 0 aliphatic carbocycles. The highest BCUT2D eigenvalue weighted by Crippen LogP contribution is 2.14. The Morgan fingerprint density at radius 2 is 2.00 bits per heavy atom. The zero-order valence-electron chi connectivity index (χ0n) is 11.1. The number of nitrogens with zero attached hydrogens (tertiary/aromatic N) is 1. The van der Waals surface area contributed by atoms with Gasteiger partial charge < -0.3 is 10.3 Å². The maximum atomic E-state index is 4.22. The van der Waals surface area contributed by atoms with E-state index in [-0.39, 0.29) is 5.54 Å². The van der Waals surface area contributed by atoms with Crippen molar-refractivity contribution >= 4 is 0 Å². The Morgan fingerprint density at radius 1 is 1.22 bits per heavy atom. The molecule has 2 N–H and O–H groups in total. The van der Waals surface area contributed by atoms with Crippen molar-refractivity contribution in [3.8, 4) is 0 Å². The molecule has 0 unspecified atom stereocenters. The summed E-state index contributed by atoms with van der Waals surface area (Å²) in [4.78, 5) is 7.33. The average molecular weight is 243 g/mol. The third kappa shape index (κ3) is 4.00. The predicted octanol–water partition coefficient (Wildman–Crippen LogP) is 2.91. The number of aryl methyl sites for hydroxylation is 1.